The number of hydrogen-bond donors (Lipinski definition) is 2. The molecule has 9 nitrogen and oxygen atoms in total. The number of rotatable bonds is 10. The number of amides is 1. The average Bonchev–Trinajstić information content (AvgIpc) is 3.25. The lowest BCUT2D eigenvalue weighted by molar-refractivity contribution is -0.0922. The standard InChI is InChI=1S/C25H31ClN6O3/c1-4-20-22(31-16-18(26)9-12-21(31)29-20)24(33)28-15-17-7-10-19(11-8-17)32-14-13-27-23(30-32)25(34-5-2)35-6-3/h7-12,16,25H,4-6,13-15H2,1-3H3,(H,27,30)(H,28,33). The van der Waals surface area contributed by atoms with Crippen molar-refractivity contribution >= 4 is 34.7 Å². The van der Waals surface area contributed by atoms with Crippen molar-refractivity contribution in [1.29, 1.82) is 0 Å². The molecule has 2 aromatic heterocycles. The lowest BCUT2D eigenvalue weighted by Gasteiger charge is -2.29. The molecule has 0 unspecified atom stereocenters. The van der Waals surface area contributed by atoms with Gasteiger partial charge in [-0.25, -0.2) is 4.98 Å². The molecule has 1 aliphatic heterocycles. The highest BCUT2D eigenvalue weighted by atomic mass is 35.5. The fourth-order valence-corrected chi connectivity index (χ4v) is 4.10. The van der Waals surface area contributed by atoms with E-state index in [0.717, 1.165) is 30.0 Å². The Morgan fingerprint density at radius 3 is 2.57 bits per heavy atom. The first kappa shape index (κ1) is 25.0. The van der Waals surface area contributed by atoms with Gasteiger partial charge in [-0.05, 0) is 50.1 Å². The Bertz CT molecular complexity index is 1190. The van der Waals surface area contributed by atoms with Gasteiger partial charge < -0.3 is 20.1 Å². The highest BCUT2D eigenvalue weighted by molar-refractivity contribution is 6.30. The minimum atomic E-state index is -0.509. The van der Waals surface area contributed by atoms with Gasteiger partial charge in [0.1, 0.15) is 11.3 Å². The van der Waals surface area contributed by atoms with Crippen LogP contribution in [-0.2, 0) is 22.4 Å². The molecule has 0 aliphatic carbocycles. The number of hydrazone groups is 1. The molecular formula is C25H31ClN6O3. The summed E-state index contributed by atoms with van der Waals surface area (Å²) in [5.41, 5.74) is 3.89. The van der Waals surface area contributed by atoms with Crippen molar-refractivity contribution in [3.63, 3.8) is 0 Å². The molecule has 4 rings (SSSR count). The van der Waals surface area contributed by atoms with Crippen LogP contribution in [0.5, 0.6) is 0 Å². The Kier molecular flexibility index (Phi) is 8.22. The summed E-state index contributed by atoms with van der Waals surface area (Å²) in [4.78, 5) is 17.6. The summed E-state index contributed by atoms with van der Waals surface area (Å²) in [7, 11) is 0. The Morgan fingerprint density at radius 1 is 1.14 bits per heavy atom. The van der Waals surface area contributed by atoms with E-state index in [0.29, 0.717) is 48.4 Å². The lowest BCUT2D eigenvalue weighted by atomic mass is 10.2. The van der Waals surface area contributed by atoms with Gasteiger partial charge in [0.25, 0.3) is 5.91 Å². The molecule has 0 saturated heterocycles. The van der Waals surface area contributed by atoms with Crippen molar-refractivity contribution in [3.05, 3.63) is 64.6 Å². The van der Waals surface area contributed by atoms with E-state index in [-0.39, 0.29) is 5.91 Å². The predicted octanol–water partition coefficient (Wildman–Crippen LogP) is 3.60. The quantitative estimate of drug-likeness (QED) is 0.415. The number of carbonyl (C=O) groups is 1. The number of anilines is 1. The summed E-state index contributed by atoms with van der Waals surface area (Å²) in [6.07, 6.45) is 1.86. The fraction of sp³-hybridized carbons (Fsp3) is 0.400. The van der Waals surface area contributed by atoms with E-state index in [2.05, 4.69) is 20.7 Å². The van der Waals surface area contributed by atoms with Crippen LogP contribution < -0.4 is 15.6 Å². The highest BCUT2D eigenvalue weighted by Crippen LogP contribution is 2.19. The summed E-state index contributed by atoms with van der Waals surface area (Å²) < 4.78 is 13.1. The molecule has 1 amide bonds. The monoisotopic (exact) mass is 498 g/mol. The smallest absolute Gasteiger partial charge is 0.270 e. The number of benzene rings is 1. The number of aryl methyl sites for hydroxylation is 1. The van der Waals surface area contributed by atoms with Crippen LogP contribution in [0.2, 0.25) is 5.02 Å². The summed E-state index contributed by atoms with van der Waals surface area (Å²) in [6, 6.07) is 11.5. The van der Waals surface area contributed by atoms with Gasteiger partial charge in [-0.3, -0.25) is 14.2 Å². The number of amidine groups is 1. The van der Waals surface area contributed by atoms with E-state index in [1.807, 2.05) is 56.1 Å². The van der Waals surface area contributed by atoms with E-state index < -0.39 is 6.29 Å². The van der Waals surface area contributed by atoms with Crippen LogP contribution in [0.3, 0.4) is 0 Å². The normalized spacial score (nSPS) is 13.7. The van der Waals surface area contributed by atoms with Crippen LogP contribution in [-0.4, -0.2) is 53.7 Å². The molecule has 0 spiro atoms. The molecule has 3 aromatic rings. The number of fused-ring (bicyclic) bond motifs is 1. The molecule has 186 valence electrons. The van der Waals surface area contributed by atoms with Crippen molar-refractivity contribution in [1.82, 2.24) is 20.0 Å². The van der Waals surface area contributed by atoms with Gasteiger partial charge in [0.15, 0.2) is 5.84 Å². The van der Waals surface area contributed by atoms with E-state index in [1.54, 1.807) is 16.7 Å². The molecule has 35 heavy (non-hydrogen) atoms. The van der Waals surface area contributed by atoms with Crippen LogP contribution in [0.25, 0.3) is 5.65 Å². The first-order valence-electron chi connectivity index (χ1n) is 11.9. The fourth-order valence-electron chi connectivity index (χ4n) is 3.94. The molecule has 0 radical (unpaired) electrons. The van der Waals surface area contributed by atoms with E-state index in [4.69, 9.17) is 21.1 Å². The third kappa shape index (κ3) is 5.75. The van der Waals surface area contributed by atoms with Crippen molar-refractivity contribution in [2.75, 3.05) is 31.3 Å². The van der Waals surface area contributed by atoms with Crippen molar-refractivity contribution < 1.29 is 14.3 Å². The molecular weight excluding hydrogens is 468 g/mol. The second kappa shape index (κ2) is 11.5. The molecule has 2 N–H and O–H groups in total. The van der Waals surface area contributed by atoms with Gasteiger partial charge in [-0.2, -0.15) is 5.10 Å². The largest absolute Gasteiger partial charge is 0.366 e. The molecule has 0 atom stereocenters. The number of pyridine rings is 1. The zero-order valence-electron chi connectivity index (χ0n) is 20.3. The Morgan fingerprint density at radius 2 is 1.89 bits per heavy atom. The number of nitrogens with zero attached hydrogens (tertiary/aromatic N) is 4. The number of hydrogen-bond acceptors (Lipinski definition) is 7. The third-order valence-corrected chi connectivity index (χ3v) is 5.83. The Labute approximate surface area is 210 Å². The maximum Gasteiger partial charge on any atom is 0.270 e. The topological polar surface area (TPSA) is 92.5 Å². The van der Waals surface area contributed by atoms with Crippen LogP contribution >= 0.6 is 11.6 Å². The molecule has 0 saturated carbocycles. The van der Waals surface area contributed by atoms with Gasteiger partial charge in [-0.1, -0.05) is 30.7 Å². The summed E-state index contributed by atoms with van der Waals surface area (Å²) in [6.45, 7) is 8.76. The van der Waals surface area contributed by atoms with E-state index in [1.165, 1.54) is 0 Å². The predicted molar refractivity (Wildman–Crippen MR) is 137 cm³/mol. The van der Waals surface area contributed by atoms with Crippen molar-refractivity contribution in [2.24, 2.45) is 5.10 Å². The average molecular weight is 499 g/mol. The van der Waals surface area contributed by atoms with E-state index in [9.17, 15) is 4.79 Å². The molecule has 3 heterocycles. The molecule has 1 aromatic carbocycles. The number of imidazole rings is 1. The van der Waals surface area contributed by atoms with Gasteiger partial charge in [0, 0.05) is 32.5 Å². The van der Waals surface area contributed by atoms with Crippen LogP contribution in [0.15, 0.2) is 47.7 Å². The molecule has 0 fully saturated rings. The first-order valence-corrected chi connectivity index (χ1v) is 12.3. The van der Waals surface area contributed by atoms with Gasteiger partial charge >= 0.3 is 0 Å². The van der Waals surface area contributed by atoms with Gasteiger partial charge in [0.05, 0.1) is 22.9 Å². The lowest BCUT2D eigenvalue weighted by Crippen LogP contribution is -2.47. The minimum absolute atomic E-state index is 0.185. The van der Waals surface area contributed by atoms with E-state index >= 15 is 0 Å². The number of ether oxygens (including phenoxy) is 2. The number of carbonyl (C=O) groups excluding carboxylic acids is 1. The molecule has 1 aliphatic rings. The van der Waals surface area contributed by atoms with Crippen molar-refractivity contribution in [3.8, 4) is 0 Å². The SMILES string of the molecule is CCOC(OCC)C1=NN(c2ccc(CNC(=O)c3c(CC)nc4ccc(Cl)cn34)cc2)CCN1. The van der Waals surface area contributed by atoms with Gasteiger partial charge in [0.2, 0.25) is 6.29 Å². The van der Waals surface area contributed by atoms with Crippen LogP contribution in [0, 0.1) is 0 Å². The maximum atomic E-state index is 13.0. The third-order valence-electron chi connectivity index (χ3n) is 5.61. The Hall–Kier alpha value is -3.14. The molecule has 0 bridgehead atoms. The number of halogens is 1. The summed E-state index contributed by atoms with van der Waals surface area (Å²) >= 11 is 6.15. The zero-order chi connectivity index (χ0) is 24.8. The van der Waals surface area contributed by atoms with Crippen molar-refractivity contribution in [2.45, 2.75) is 40.0 Å². The second-order valence-corrected chi connectivity index (χ2v) is 8.40. The van der Waals surface area contributed by atoms with Crippen LogP contribution in [0.1, 0.15) is 42.5 Å². The van der Waals surface area contributed by atoms with Gasteiger partial charge in [-0.15, -0.1) is 0 Å². The number of nitrogens with one attached hydrogen (secondary N) is 2. The Balaban J connectivity index is 1.44. The zero-order valence-corrected chi connectivity index (χ0v) is 21.0. The number of aromatic nitrogens is 2. The highest BCUT2D eigenvalue weighted by Gasteiger charge is 2.22. The van der Waals surface area contributed by atoms with Crippen LogP contribution in [0.4, 0.5) is 5.69 Å². The minimum Gasteiger partial charge on any atom is -0.366 e. The maximum absolute atomic E-state index is 13.0. The summed E-state index contributed by atoms with van der Waals surface area (Å²) in [5.74, 6) is 0.478. The first-order chi connectivity index (χ1) is 17.0. The second-order valence-electron chi connectivity index (χ2n) is 7.96. The summed E-state index contributed by atoms with van der Waals surface area (Å²) in [5, 5.41) is 13.4. The molecule has 10 heteroatoms.